The lowest BCUT2D eigenvalue weighted by atomic mass is 10.1. The lowest BCUT2D eigenvalue weighted by Crippen LogP contribution is -2.05. The van der Waals surface area contributed by atoms with E-state index in [-0.39, 0.29) is 0 Å². The van der Waals surface area contributed by atoms with Gasteiger partial charge in [0.05, 0.1) is 7.11 Å². The van der Waals surface area contributed by atoms with E-state index in [1.165, 1.54) is 25.7 Å². The number of hydrogen-bond acceptors (Lipinski definition) is 3. The zero-order chi connectivity index (χ0) is 15.0. The second kappa shape index (κ2) is 5.72. The second-order valence-corrected chi connectivity index (χ2v) is 6.44. The topological polar surface area (TPSA) is 53.1 Å². The molecule has 0 unspecified atom stereocenters. The van der Waals surface area contributed by atoms with Crippen molar-refractivity contribution >= 4 is 21.7 Å². The van der Waals surface area contributed by atoms with Crippen molar-refractivity contribution in [2.24, 2.45) is 7.05 Å². The number of anilines is 1. The van der Waals surface area contributed by atoms with Gasteiger partial charge in [-0.15, -0.1) is 0 Å². The Hall–Kier alpha value is -1.49. The average Bonchev–Trinajstić information content (AvgIpc) is 3.10. The molecule has 1 heterocycles. The van der Waals surface area contributed by atoms with Crippen LogP contribution in [0.5, 0.6) is 5.75 Å². The van der Waals surface area contributed by atoms with Crippen LogP contribution in [0.1, 0.15) is 37.4 Å². The lowest BCUT2D eigenvalue weighted by molar-refractivity contribution is 0.415. The van der Waals surface area contributed by atoms with Gasteiger partial charge in [0.1, 0.15) is 23.1 Å². The van der Waals surface area contributed by atoms with Crippen LogP contribution < -0.4 is 10.5 Å². The number of methoxy groups -OCH3 is 1. The van der Waals surface area contributed by atoms with Crippen molar-refractivity contribution in [1.29, 1.82) is 0 Å². The Morgan fingerprint density at radius 3 is 2.71 bits per heavy atom. The Balaban J connectivity index is 2.08. The quantitative estimate of drug-likeness (QED) is 0.907. The summed E-state index contributed by atoms with van der Waals surface area (Å²) in [4.78, 5) is 4.85. The van der Waals surface area contributed by atoms with Crippen molar-refractivity contribution in [3.8, 4) is 17.0 Å². The normalized spacial score (nSPS) is 15.6. The number of nitrogen functional groups attached to an aromatic ring is 1. The standard InChI is InChI=1S/C16H20BrN3O/c1-20-15(18)14(19-16(20)10-5-3-4-6-10)12-9-11(21-2)7-8-13(12)17/h7-10H,3-6,18H2,1-2H3. The minimum absolute atomic E-state index is 0.537. The van der Waals surface area contributed by atoms with Gasteiger partial charge in [-0.1, -0.05) is 28.8 Å². The van der Waals surface area contributed by atoms with Crippen LogP contribution in [0.15, 0.2) is 22.7 Å². The molecule has 0 radical (unpaired) electrons. The third kappa shape index (κ3) is 2.55. The van der Waals surface area contributed by atoms with Crippen LogP contribution in [0.2, 0.25) is 0 Å². The summed E-state index contributed by atoms with van der Waals surface area (Å²) in [6.07, 6.45) is 5.00. The van der Waals surface area contributed by atoms with E-state index in [9.17, 15) is 0 Å². The molecule has 1 aromatic carbocycles. The lowest BCUT2D eigenvalue weighted by Gasteiger charge is -2.08. The fourth-order valence-corrected chi connectivity index (χ4v) is 3.52. The van der Waals surface area contributed by atoms with Crippen molar-refractivity contribution in [2.45, 2.75) is 31.6 Å². The summed E-state index contributed by atoms with van der Waals surface area (Å²) in [6.45, 7) is 0. The molecule has 4 nitrogen and oxygen atoms in total. The van der Waals surface area contributed by atoms with E-state index in [4.69, 9.17) is 15.5 Å². The molecule has 2 N–H and O–H groups in total. The van der Waals surface area contributed by atoms with Gasteiger partial charge < -0.3 is 15.0 Å². The number of nitrogens with two attached hydrogens (primary N) is 1. The van der Waals surface area contributed by atoms with Crippen molar-refractivity contribution in [1.82, 2.24) is 9.55 Å². The van der Waals surface area contributed by atoms with E-state index >= 15 is 0 Å². The summed E-state index contributed by atoms with van der Waals surface area (Å²) < 4.78 is 8.33. The predicted octanol–water partition coefficient (Wildman–Crippen LogP) is 4.10. The highest BCUT2D eigenvalue weighted by Crippen LogP contribution is 2.39. The summed E-state index contributed by atoms with van der Waals surface area (Å²) >= 11 is 3.59. The molecule has 0 amide bonds. The molecule has 1 aromatic heterocycles. The molecule has 1 aliphatic rings. The third-order valence-electron chi connectivity index (χ3n) is 4.32. The maximum atomic E-state index is 6.30. The monoisotopic (exact) mass is 349 g/mol. The molecular formula is C16H20BrN3O. The number of benzene rings is 1. The van der Waals surface area contributed by atoms with E-state index < -0.39 is 0 Å². The number of nitrogens with zero attached hydrogens (tertiary/aromatic N) is 2. The number of rotatable bonds is 3. The number of halogens is 1. The van der Waals surface area contributed by atoms with E-state index in [2.05, 4.69) is 15.9 Å². The van der Waals surface area contributed by atoms with Crippen LogP contribution in [0, 0.1) is 0 Å². The number of aromatic nitrogens is 2. The summed E-state index contributed by atoms with van der Waals surface area (Å²) in [5, 5.41) is 0. The van der Waals surface area contributed by atoms with Crippen LogP contribution in [-0.2, 0) is 7.05 Å². The summed E-state index contributed by atoms with van der Waals surface area (Å²) in [6, 6.07) is 5.86. The molecule has 0 atom stereocenters. The molecule has 0 aliphatic heterocycles. The molecule has 3 rings (SSSR count). The molecule has 1 aliphatic carbocycles. The van der Waals surface area contributed by atoms with E-state index in [1.54, 1.807) is 7.11 Å². The number of imidazole rings is 1. The van der Waals surface area contributed by atoms with Gasteiger partial charge in [-0.25, -0.2) is 4.98 Å². The van der Waals surface area contributed by atoms with Crippen molar-refractivity contribution in [2.75, 3.05) is 12.8 Å². The molecule has 2 aromatic rings. The molecular weight excluding hydrogens is 330 g/mol. The van der Waals surface area contributed by atoms with Gasteiger partial charge in [-0.05, 0) is 31.0 Å². The fraction of sp³-hybridized carbons (Fsp3) is 0.438. The van der Waals surface area contributed by atoms with Gasteiger partial charge in [0.25, 0.3) is 0 Å². The molecule has 0 spiro atoms. The van der Waals surface area contributed by atoms with Crippen LogP contribution in [0.4, 0.5) is 5.82 Å². The molecule has 1 saturated carbocycles. The van der Waals surface area contributed by atoms with E-state index in [1.807, 2.05) is 29.8 Å². The molecule has 1 fully saturated rings. The van der Waals surface area contributed by atoms with Crippen LogP contribution >= 0.6 is 15.9 Å². The zero-order valence-electron chi connectivity index (χ0n) is 12.4. The van der Waals surface area contributed by atoms with E-state index in [0.29, 0.717) is 11.7 Å². The second-order valence-electron chi connectivity index (χ2n) is 5.59. The minimum Gasteiger partial charge on any atom is -0.497 e. The fourth-order valence-electron chi connectivity index (χ4n) is 3.09. The summed E-state index contributed by atoms with van der Waals surface area (Å²) in [5.41, 5.74) is 8.12. The third-order valence-corrected chi connectivity index (χ3v) is 5.01. The van der Waals surface area contributed by atoms with Crippen molar-refractivity contribution in [3.05, 3.63) is 28.5 Å². The predicted molar refractivity (Wildman–Crippen MR) is 88.5 cm³/mol. The first-order valence-corrected chi connectivity index (χ1v) is 8.07. The Bertz CT molecular complexity index is 660. The zero-order valence-corrected chi connectivity index (χ0v) is 14.0. The highest BCUT2D eigenvalue weighted by Gasteiger charge is 2.25. The van der Waals surface area contributed by atoms with Crippen LogP contribution in [0.3, 0.4) is 0 Å². The average molecular weight is 350 g/mol. The van der Waals surface area contributed by atoms with Crippen molar-refractivity contribution < 1.29 is 4.74 Å². The molecule has 0 bridgehead atoms. The Morgan fingerprint density at radius 1 is 1.33 bits per heavy atom. The molecule has 21 heavy (non-hydrogen) atoms. The van der Waals surface area contributed by atoms with E-state index in [0.717, 1.165) is 27.3 Å². The van der Waals surface area contributed by atoms with Gasteiger partial charge in [0.15, 0.2) is 0 Å². The molecule has 0 saturated heterocycles. The highest BCUT2D eigenvalue weighted by molar-refractivity contribution is 9.10. The largest absolute Gasteiger partial charge is 0.497 e. The highest BCUT2D eigenvalue weighted by atomic mass is 79.9. The first-order valence-electron chi connectivity index (χ1n) is 7.27. The van der Waals surface area contributed by atoms with Gasteiger partial charge >= 0.3 is 0 Å². The Morgan fingerprint density at radius 2 is 2.05 bits per heavy atom. The van der Waals surface area contributed by atoms with Crippen LogP contribution in [-0.4, -0.2) is 16.7 Å². The summed E-state index contributed by atoms with van der Waals surface area (Å²) in [7, 11) is 3.67. The summed E-state index contributed by atoms with van der Waals surface area (Å²) in [5.74, 6) is 3.16. The van der Waals surface area contributed by atoms with Gasteiger partial charge in [-0.2, -0.15) is 0 Å². The Kier molecular flexibility index (Phi) is 3.93. The molecule has 5 heteroatoms. The smallest absolute Gasteiger partial charge is 0.131 e. The number of hydrogen-bond donors (Lipinski definition) is 1. The Labute approximate surface area is 133 Å². The first kappa shape index (κ1) is 14.4. The van der Waals surface area contributed by atoms with Gasteiger partial charge in [0.2, 0.25) is 0 Å². The molecule has 112 valence electrons. The SMILES string of the molecule is COc1ccc(Br)c(-c2nc(C3CCCC3)n(C)c2N)c1. The maximum Gasteiger partial charge on any atom is 0.131 e. The maximum absolute atomic E-state index is 6.30. The van der Waals surface area contributed by atoms with Crippen LogP contribution in [0.25, 0.3) is 11.3 Å². The first-order chi connectivity index (χ1) is 10.1. The van der Waals surface area contributed by atoms with Crippen molar-refractivity contribution in [3.63, 3.8) is 0 Å². The van der Waals surface area contributed by atoms with Gasteiger partial charge in [-0.3, -0.25) is 0 Å². The van der Waals surface area contributed by atoms with Gasteiger partial charge in [0, 0.05) is 23.0 Å². The minimum atomic E-state index is 0.537. The number of ether oxygens (including phenoxy) is 1.